The van der Waals surface area contributed by atoms with Crippen molar-refractivity contribution >= 4 is 12.1 Å². The fourth-order valence-electron chi connectivity index (χ4n) is 0.971. The third kappa shape index (κ3) is 6.73. The minimum atomic E-state index is -0.855. The molecular weight excluding hydrogens is 200 g/mol. The van der Waals surface area contributed by atoms with Crippen molar-refractivity contribution in [2.75, 3.05) is 19.6 Å². The van der Waals surface area contributed by atoms with E-state index in [2.05, 4.69) is 5.48 Å². The van der Waals surface area contributed by atoms with Crippen LogP contribution in [0.15, 0.2) is 0 Å². The first-order chi connectivity index (χ1) is 7.11. The normalized spacial score (nSPS) is 9.73. The third-order valence-electron chi connectivity index (χ3n) is 1.85. The molecule has 0 aliphatic rings. The fourth-order valence-corrected chi connectivity index (χ4v) is 0.971. The largest absolute Gasteiger partial charge is 0.481 e. The minimum absolute atomic E-state index is 0.0653. The number of hydroxylamine groups is 1. The van der Waals surface area contributed by atoms with Gasteiger partial charge in [0.15, 0.2) is 0 Å². The molecule has 6 heteroatoms. The molecule has 0 bridgehead atoms. The quantitative estimate of drug-likeness (QED) is 0.489. The van der Waals surface area contributed by atoms with E-state index in [1.165, 1.54) is 4.90 Å². The van der Waals surface area contributed by atoms with Crippen molar-refractivity contribution in [1.29, 1.82) is 0 Å². The Kier molecular flexibility index (Phi) is 7.35. The lowest BCUT2D eigenvalue weighted by atomic mass is 10.3. The van der Waals surface area contributed by atoms with Gasteiger partial charge in [0, 0.05) is 26.1 Å². The Bertz CT molecular complexity index is 204. The second-order valence-corrected chi connectivity index (χ2v) is 2.93. The molecule has 0 aliphatic heterocycles. The third-order valence-corrected chi connectivity index (χ3v) is 1.85. The molecule has 0 saturated carbocycles. The number of hydrogen-bond donors (Lipinski definition) is 2. The SMILES string of the molecule is CCN(CC)C(=O)ONCCCC(=O)O. The molecule has 0 saturated heterocycles. The van der Waals surface area contributed by atoms with E-state index in [4.69, 9.17) is 9.94 Å². The maximum absolute atomic E-state index is 11.2. The summed E-state index contributed by atoms with van der Waals surface area (Å²) in [6.07, 6.45) is 0.0618. The van der Waals surface area contributed by atoms with Crippen molar-refractivity contribution in [3.63, 3.8) is 0 Å². The van der Waals surface area contributed by atoms with E-state index in [0.717, 1.165) is 0 Å². The molecule has 15 heavy (non-hydrogen) atoms. The molecule has 0 aromatic rings. The van der Waals surface area contributed by atoms with Gasteiger partial charge in [-0.25, -0.2) is 4.79 Å². The second kappa shape index (κ2) is 8.05. The molecule has 0 rings (SSSR count). The van der Waals surface area contributed by atoms with E-state index in [1.807, 2.05) is 13.8 Å². The van der Waals surface area contributed by atoms with Crippen LogP contribution in [0.2, 0.25) is 0 Å². The summed E-state index contributed by atoms with van der Waals surface area (Å²) < 4.78 is 0. The maximum Gasteiger partial charge on any atom is 0.428 e. The number of carbonyl (C=O) groups excluding carboxylic acids is 1. The van der Waals surface area contributed by atoms with E-state index in [0.29, 0.717) is 26.1 Å². The number of carbonyl (C=O) groups is 2. The predicted octanol–water partition coefficient (Wildman–Crippen LogP) is 0.834. The van der Waals surface area contributed by atoms with Crippen LogP contribution in [0.5, 0.6) is 0 Å². The summed E-state index contributed by atoms with van der Waals surface area (Å²) >= 11 is 0. The van der Waals surface area contributed by atoms with Crippen LogP contribution in [0.3, 0.4) is 0 Å². The monoisotopic (exact) mass is 218 g/mol. The number of aliphatic carboxylic acids is 1. The Hall–Kier alpha value is -1.30. The number of nitrogens with one attached hydrogen (secondary N) is 1. The molecule has 0 aromatic heterocycles. The van der Waals surface area contributed by atoms with E-state index < -0.39 is 12.1 Å². The molecular formula is C9H18N2O4. The summed E-state index contributed by atoms with van der Waals surface area (Å²) in [6.45, 7) is 5.24. The molecule has 0 unspecified atom stereocenters. The first kappa shape index (κ1) is 13.7. The van der Waals surface area contributed by atoms with E-state index in [9.17, 15) is 9.59 Å². The highest BCUT2D eigenvalue weighted by atomic mass is 16.7. The summed E-state index contributed by atoms with van der Waals surface area (Å²) in [7, 11) is 0. The average molecular weight is 218 g/mol. The van der Waals surface area contributed by atoms with Crippen LogP contribution in [0.4, 0.5) is 4.79 Å². The van der Waals surface area contributed by atoms with Gasteiger partial charge in [0.05, 0.1) is 0 Å². The van der Waals surface area contributed by atoms with E-state index in [-0.39, 0.29) is 6.42 Å². The summed E-state index contributed by atoms with van der Waals surface area (Å²) in [5, 5.41) is 8.34. The number of carboxylic acid groups (broad SMARTS) is 1. The van der Waals surface area contributed by atoms with Gasteiger partial charge in [-0.2, -0.15) is 5.48 Å². The number of nitrogens with zero attached hydrogens (tertiary/aromatic N) is 1. The Morgan fingerprint density at radius 1 is 1.33 bits per heavy atom. The Labute approximate surface area is 89.2 Å². The van der Waals surface area contributed by atoms with Crippen molar-refractivity contribution in [3.8, 4) is 0 Å². The van der Waals surface area contributed by atoms with Crippen LogP contribution in [0.25, 0.3) is 0 Å². The smallest absolute Gasteiger partial charge is 0.428 e. The highest BCUT2D eigenvalue weighted by Gasteiger charge is 2.10. The lowest BCUT2D eigenvalue weighted by molar-refractivity contribution is -0.137. The summed E-state index contributed by atoms with van der Waals surface area (Å²) in [6, 6.07) is 0. The van der Waals surface area contributed by atoms with Crippen molar-refractivity contribution < 1.29 is 19.5 Å². The molecule has 0 aliphatic carbocycles. The molecule has 0 aromatic carbocycles. The van der Waals surface area contributed by atoms with E-state index in [1.54, 1.807) is 0 Å². The van der Waals surface area contributed by atoms with Crippen molar-refractivity contribution in [2.45, 2.75) is 26.7 Å². The first-order valence-electron chi connectivity index (χ1n) is 5.02. The number of amides is 1. The van der Waals surface area contributed by atoms with Gasteiger partial charge in [-0.05, 0) is 20.3 Å². The zero-order chi connectivity index (χ0) is 11.7. The summed E-state index contributed by atoms with van der Waals surface area (Å²) in [5.74, 6) is -0.855. The van der Waals surface area contributed by atoms with Gasteiger partial charge in [0.1, 0.15) is 0 Å². The molecule has 88 valence electrons. The highest BCUT2D eigenvalue weighted by molar-refractivity contribution is 5.67. The molecule has 0 spiro atoms. The number of rotatable bonds is 7. The molecule has 1 amide bonds. The van der Waals surface area contributed by atoms with Gasteiger partial charge < -0.3 is 14.8 Å². The van der Waals surface area contributed by atoms with Gasteiger partial charge >= 0.3 is 12.1 Å². The van der Waals surface area contributed by atoms with Gasteiger partial charge in [0.25, 0.3) is 0 Å². The van der Waals surface area contributed by atoms with Gasteiger partial charge in [-0.15, -0.1) is 0 Å². The minimum Gasteiger partial charge on any atom is -0.481 e. The van der Waals surface area contributed by atoms with Crippen LogP contribution in [-0.2, 0) is 9.63 Å². The molecule has 0 heterocycles. The van der Waals surface area contributed by atoms with Crippen LogP contribution in [0.1, 0.15) is 26.7 Å². The van der Waals surface area contributed by atoms with Crippen LogP contribution in [-0.4, -0.2) is 41.7 Å². The standard InChI is InChI=1S/C9H18N2O4/c1-3-11(4-2)9(14)15-10-7-5-6-8(12)13/h10H,3-7H2,1-2H3,(H,12,13). The Balaban J connectivity index is 3.50. The summed E-state index contributed by atoms with van der Waals surface area (Å²) in [4.78, 5) is 27.6. The van der Waals surface area contributed by atoms with Crippen molar-refractivity contribution in [3.05, 3.63) is 0 Å². The van der Waals surface area contributed by atoms with Crippen LogP contribution < -0.4 is 5.48 Å². The van der Waals surface area contributed by atoms with Crippen LogP contribution >= 0.6 is 0 Å². The lowest BCUT2D eigenvalue weighted by Gasteiger charge is -2.17. The lowest BCUT2D eigenvalue weighted by Crippen LogP contribution is -2.35. The number of hydrogen-bond acceptors (Lipinski definition) is 4. The topological polar surface area (TPSA) is 78.9 Å². The summed E-state index contributed by atoms with van der Waals surface area (Å²) in [5.41, 5.74) is 2.44. The first-order valence-corrected chi connectivity index (χ1v) is 5.02. The molecule has 0 radical (unpaired) electrons. The van der Waals surface area contributed by atoms with Crippen molar-refractivity contribution in [1.82, 2.24) is 10.4 Å². The van der Waals surface area contributed by atoms with Gasteiger partial charge in [-0.1, -0.05) is 0 Å². The molecule has 0 atom stereocenters. The predicted molar refractivity (Wildman–Crippen MR) is 54.3 cm³/mol. The molecule has 0 fully saturated rings. The number of carboxylic acids is 1. The molecule has 2 N–H and O–H groups in total. The average Bonchev–Trinajstić information content (AvgIpc) is 2.18. The van der Waals surface area contributed by atoms with E-state index >= 15 is 0 Å². The Morgan fingerprint density at radius 2 is 1.93 bits per heavy atom. The van der Waals surface area contributed by atoms with Crippen LogP contribution in [0, 0.1) is 0 Å². The Morgan fingerprint density at radius 3 is 2.40 bits per heavy atom. The zero-order valence-corrected chi connectivity index (χ0v) is 9.15. The highest BCUT2D eigenvalue weighted by Crippen LogP contribution is 1.92. The zero-order valence-electron chi connectivity index (χ0n) is 9.15. The van der Waals surface area contributed by atoms with Gasteiger partial charge in [-0.3, -0.25) is 4.79 Å². The van der Waals surface area contributed by atoms with Gasteiger partial charge in [0.2, 0.25) is 0 Å². The second-order valence-electron chi connectivity index (χ2n) is 2.93. The fraction of sp³-hybridized carbons (Fsp3) is 0.778. The van der Waals surface area contributed by atoms with Crippen molar-refractivity contribution in [2.24, 2.45) is 0 Å². The maximum atomic E-state index is 11.2. The molecule has 6 nitrogen and oxygen atoms in total.